The fourth-order valence-corrected chi connectivity index (χ4v) is 5.51. The molecule has 34 heavy (non-hydrogen) atoms. The van der Waals surface area contributed by atoms with E-state index in [9.17, 15) is 13.6 Å². The summed E-state index contributed by atoms with van der Waals surface area (Å²) in [7, 11) is 0. The molecule has 0 amide bonds. The molecular formula is C25H25F2N3O4. The highest BCUT2D eigenvalue weighted by Crippen LogP contribution is 2.58. The first kappa shape index (κ1) is 21.5. The van der Waals surface area contributed by atoms with E-state index in [1.807, 2.05) is 20.0 Å². The molecule has 2 aromatic heterocycles. The standard InChI is InChI=1S/C25H25F2N3O4/c1-14(2)34-21-15(7-18(31)16-5-4-6-17-20(16)32-13-25(17,26)27)8-30-9-19(28-22(30)29-21)24-10-23(3,11-24)33-12-24/h4-6,8-9,14H,7,10-13H2,1-3H3. The Kier molecular flexibility index (Phi) is 4.40. The van der Waals surface area contributed by atoms with E-state index in [0.717, 1.165) is 18.5 Å². The number of ketones is 1. The summed E-state index contributed by atoms with van der Waals surface area (Å²) in [4.78, 5) is 22.6. The topological polar surface area (TPSA) is 75.0 Å². The summed E-state index contributed by atoms with van der Waals surface area (Å²) >= 11 is 0. The van der Waals surface area contributed by atoms with Crippen LogP contribution in [0.5, 0.6) is 11.6 Å². The Morgan fingerprint density at radius 1 is 1.21 bits per heavy atom. The molecule has 1 aliphatic carbocycles. The molecule has 0 spiro atoms. The van der Waals surface area contributed by atoms with Crippen LogP contribution in [-0.4, -0.2) is 45.1 Å². The summed E-state index contributed by atoms with van der Waals surface area (Å²) in [5, 5.41) is 0. The summed E-state index contributed by atoms with van der Waals surface area (Å²) in [6.45, 7) is 5.74. The molecule has 7 nitrogen and oxygen atoms in total. The van der Waals surface area contributed by atoms with Gasteiger partial charge in [0, 0.05) is 29.8 Å². The maximum absolute atomic E-state index is 14.1. The van der Waals surface area contributed by atoms with E-state index in [4.69, 9.17) is 19.2 Å². The number of alkyl halides is 2. The highest BCUT2D eigenvalue weighted by Gasteiger charge is 2.61. The van der Waals surface area contributed by atoms with E-state index in [2.05, 4.69) is 11.9 Å². The monoisotopic (exact) mass is 469 g/mol. The highest BCUT2D eigenvalue weighted by atomic mass is 19.3. The van der Waals surface area contributed by atoms with Crippen molar-refractivity contribution >= 4 is 11.6 Å². The number of halogens is 2. The maximum atomic E-state index is 14.1. The molecule has 0 unspecified atom stereocenters. The highest BCUT2D eigenvalue weighted by molar-refractivity contribution is 6.00. The third kappa shape index (κ3) is 3.20. The van der Waals surface area contributed by atoms with E-state index >= 15 is 0 Å². The molecule has 1 aromatic carbocycles. The predicted molar refractivity (Wildman–Crippen MR) is 118 cm³/mol. The molecule has 7 rings (SSSR count). The van der Waals surface area contributed by atoms with Crippen LogP contribution in [-0.2, 0) is 22.5 Å². The second kappa shape index (κ2) is 6.97. The van der Waals surface area contributed by atoms with Crippen LogP contribution in [0.2, 0.25) is 0 Å². The van der Waals surface area contributed by atoms with Crippen LogP contribution in [0, 0.1) is 0 Å². The number of benzene rings is 1. The lowest BCUT2D eigenvalue weighted by Crippen LogP contribution is -2.45. The van der Waals surface area contributed by atoms with Gasteiger partial charge in [0.25, 0.3) is 0 Å². The van der Waals surface area contributed by atoms with Gasteiger partial charge in [-0.3, -0.25) is 9.20 Å². The Balaban J connectivity index is 1.36. The molecule has 3 aromatic rings. The van der Waals surface area contributed by atoms with Gasteiger partial charge >= 0.3 is 5.92 Å². The number of hydrogen-bond acceptors (Lipinski definition) is 6. The Morgan fingerprint density at radius 2 is 2.00 bits per heavy atom. The summed E-state index contributed by atoms with van der Waals surface area (Å²) < 4.78 is 47.0. The van der Waals surface area contributed by atoms with E-state index in [0.29, 0.717) is 23.8 Å². The number of fused-ring (bicyclic) bond motifs is 3. The zero-order chi connectivity index (χ0) is 23.9. The van der Waals surface area contributed by atoms with Crippen molar-refractivity contribution in [1.29, 1.82) is 0 Å². The molecule has 178 valence electrons. The van der Waals surface area contributed by atoms with Gasteiger partial charge in [0.2, 0.25) is 11.7 Å². The zero-order valence-corrected chi connectivity index (χ0v) is 19.2. The Bertz CT molecular complexity index is 1330. The molecule has 4 aliphatic rings. The summed E-state index contributed by atoms with van der Waals surface area (Å²) in [6.07, 6.45) is 5.33. The largest absolute Gasteiger partial charge is 0.486 e. The fourth-order valence-electron chi connectivity index (χ4n) is 5.51. The van der Waals surface area contributed by atoms with E-state index in [1.54, 1.807) is 10.6 Å². The van der Waals surface area contributed by atoms with E-state index in [1.165, 1.54) is 18.2 Å². The number of imidazole rings is 1. The lowest BCUT2D eigenvalue weighted by atomic mass is 9.62. The van der Waals surface area contributed by atoms with Crippen molar-refractivity contribution in [3.8, 4) is 11.6 Å². The molecule has 0 N–H and O–H groups in total. The molecular weight excluding hydrogens is 444 g/mol. The minimum absolute atomic E-state index is 0.0452. The Hall–Kier alpha value is -3.07. The van der Waals surface area contributed by atoms with Crippen molar-refractivity contribution in [1.82, 2.24) is 14.4 Å². The van der Waals surface area contributed by atoms with Crippen molar-refractivity contribution in [2.75, 3.05) is 13.2 Å². The number of carbonyl (C=O) groups is 1. The van der Waals surface area contributed by atoms with Gasteiger partial charge in [0.05, 0.1) is 35.1 Å². The molecule has 9 heteroatoms. The van der Waals surface area contributed by atoms with Gasteiger partial charge in [0.1, 0.15) is 5.75 Å². The number of nitrogens with zero attached hydrogens (tertiary/aromatic N) is 3. The first-order valence-corrected chi connectivity index (χ1v) is 11.4. The Morgan fingerprint density at radius 3 is 2.71 bits per heavy atom. The summed E-state index contributed by atoms with van der Waals surface area (Å²) in [5.41, 5.74) is 1.19. The fraction of sp³-hybridized carbons (Fsp3) is 0.480. The van der Waals surface area contributed by atoms with Gasteiger partial charge in [-0.2, -0.15) is 13.8 Å². The number of para-hydroxylation sites is 1. The van der Waals surface area contributed by atoms with Crippen LogP contribution >= 0.6 is 0 Å². The van der Waals surface area contributed by atoms with Gasteiger partial charge in [0.15, 0.2) is 12.4 Å². The number of aromatic nitrogens is 3. The van der Waals surface area contributed by atoms with Crippen molar-refractivity contribution in [2.24, 2.45) is 0 Å². The minimum Gasteiger partial charge on any atom is -0.486 e. The molecule has 1 saturated carbocycles. The van der Waals surface area contributed by atoms with Crippen molar-refractivity contribution < 1.29 is 27.8 Å². The van der Waals surface area contributed by atoms with Crippen molar-refractivity contribution in [3.05, 3.63) is 53.0 Å². The van der Waals surface area contributed by atoms with Gasteiger partial charge in [-0.05, 0) is 45.7 Å². The molecule has 2 bridgehead atoms. The van der Waals surface area contributed by atoms with Gasteiger partial charge in [-0.15, -0.1) is 0 Å². The number of hydrogen-bond donors (Lipinski definition) is 0. The number of ether oxygens (including phenoxy) is 3. The molecule has 5 heterocycles. The summed E-state index contributed by atoms with van der Waals surface area (Å²) in [5.74, 6) is -2.70. The Labute approximate surface area is 195 Å². The first-order valence-electron chi connectivity index (χ1n) is 11.4. The molecule has 3 fully saturated rings. The van der Waals surface area contributed by atoms with Crippen LogP contribution in [0.15, 0.2) is 30.6 Å². The molecule has 2 saturated heterocycles. The van der Waals surface area contributed by atoms with Gasteiger partial charge in [-0.1, -0.05) is 6.07 Å². The van der Waals surface area contributed by atoms with Crippen LogP contribution in [0.1, 0.15) is 60.8 Å². The van der Waals surface area contributed by atoms with Crippen molar-refractivity contribution in [3.63, 3.8) is 0 Å². The number of carbonyl (C=O) groups excluding carboxylic acids is 1. The number of Topliss-reactive ketones (excluding diaryl/α,β-unsaturated/α-hetero) is 1. The lowest BCUT2D eigenvalue weighted by Gasteiger charge is -2.41. The third-order valence-electron chi connectivity index (χ3n) is 6.95. The van der Waals surface area contributed by atoms with E-state index in [-0.39, 0.29) is 46.2 Å². The van der Waals surface area contributed by atoms with Crippen molar-refractivity contribution in [2.45, 2.75) is 63.1 Å². The molecule has 3 aliphatic heterocycles. The van der Waals surface area contributed by atoms with Crippen LogP contribution in [0.3, 0.4) is 0 Å². The lowest BCUT2D eigenvalue weighted by molar-refractivity contribution is -0.0214. The SMILES string of the molecule is CC(C)Oc1nc2nc(C34COC(C)(C3)C4)cn2cc1CC(=O)c1cccc2c1OCC2(F)F. The van der Waals surface area contributed by atoms with E-state index < -0.39 is 12.5 Å². The normalized spacial score (nSPS) is 26.4. The molecule has 0 atom stereocenters. The maximum Gasteiger partial charge on any atom is 0.310 e. The number of rotatable bonds is 6. The average molecular weight is 469 g/mol. The minimum atomic E-state index is -3.10. The molecule has 0 radical (unpaired) electrons. The smallest absolute Gasteiger partial charge is 0.310 e. The predicted octanol–water partition coefficient (Wildman–Crippen LogP) is 4.25. The summed E-state index contributed by atoms with van der Waals surface area (Å²) in [6, 6.07) is 4.27. The zero-order valence-electron chi connectivity index (χ0n) is 19.2. The second-order valence-corrected chi connectivity index (χ2v) is 10.2. The second-order valence-electron chi connectivity index (χ2n) is 10.2. The van der Waals surface area contributed by atoms with Gasteiger partial charge < -0.3 is 14.2 Å². The van der Waals surface area contributed by atoms with Crippen LogP contribution in [0.4, 0.5) is 8.78 Å². The quantitative estimate of drug-likeness (QED) is 0.503. The van der Waals surface area contributed by atoms with Crippen LogP contribution < -0.4 is 9.47 Å². The van der Waals surface area contributed by atoms with Gasteiger partial charge in [-0.25, -0.2) is 4.98 Å². The average Bonchev–Trinajstić information content (AvgIpc) is 3.48. The van der Waals surface area contributed by atoms with Crippen LogP contribution in [0.25, 0.3) is 5.78 Å². The third-order valence-corrected chi connectivity index (χ3v) is 6.95. The first-order chi connectivity index (χ1) is 16.1.